The molecule has 0 unspecified atom stereocenters. The Hall–Kier alpha value is -1.10. The number of hydrogen-bond donors (Lipinski definition) is 1. The summed E-state index contributed by atoms with van der Waals surface area (Å²) in [5.41, 5.74) is 0. The van der Waals surface area contributed by atoms with E-state index in [2.05, 4.69) is 0 Å². The SMILES string of the molecule is CN(CC1CCCCC1)C(=O)COCC(=O)O. The van der Waals surface area contributed by atoms with Crippen LogP contribution < -0.4 is 0 Å². The van der Waals surface area contributed by atoms with Gasteiger partial charge in [-0.25, -0.2) is 4.79 Å². The molecule has 5 nitrogen and oxygen atoms in total. The summed E-state index contributed by atoms with van der Waals surface area (Å²) in [4.78, 5) is 23.5. The minimum atomic E-state index is -1.05. The molecule has 0 bridgehead atoms. The van der Waals surface area contributed by atoms with E-state index < -0.39 is 12.6 Å². The third-order valence-electron chi connectivity index (χ3n) is 3.13. The Morgan fingerprint density at radius 3 is 2.47 bits per heavy atom. The molecule has 17 heavy (non-hydrogen) atoms. The number of carboxylic acid groups (broad SMARTS) is 1. The quantitative estimate of drug-likeness (QED) is 0.759. The molecule has 0 aromatic carbocycles. The van der Waals surface area contributed by atoms with Crippen LogP contribution in [-0.4, -0.2) is 48.7 Å². The van der Waals surface area contributed by atoms with E-state index >= 15 is 0 Å². The highest BCUT2D eigenvalue weighted by Crippen LogP contribution is 2.23. The van der Waals surface area contributed by atoms with Gasteiger partial charge in [-0.05, 0) is 18.8 Å². The maximum atomic E-state index is 11.6. The summed E-state index contributed by atoms with van der Waals surface area (Å²) in [6.07, 6.45) is 6.18. The summed E-state index contributed by atoms with van der Waals surface area (Å²) in [7, 11) is 1.75. The standard InChI is InChI=1S/C12H21NO4/c1-13(7-10-5-3-2-4-6-10)11(14)8-17-9-12(15)16/h10H,2-9H2,1H3,(H,15,16). The Balaban J connectivity index is 2.18. The van der Waals surface area contributed by atoms with Gasteiger partial charge in [0.25, 0.3) is 0 Å². The van der Waals surface area contributed by atoms with Gasteiger partial charge in [0, 0.05) is 13.6 Å². The predicted molar refractivity (Wildman–Crippen MR) is 62.7 cm³/mol. The largest absolute Gasteiger partial charge is 0.480 e. The highest BCUT2D eigenvalue weighted by molar-refractivity contribution is 5.77. The van der Waals surface area contributed by atoms with Gasteiger partial charge in [0.2, 0.25) is 5.91 Å². The first-order chi connectivity index (χ1) is 8.09. The fraction of sp³-hybridized carbons (Fsp3) is 0.833. The molecule has 1 aliphatic rings. The van der Waals surface area contributed by atoms with Crippen molar-refractivity contribution in [3.63, 3.8) is 0 Å². The number of ether oxygens (including phenoxy) is 1. The molecule has 0 spiro atoms. The second-order valence-electron chi connectivity index (χ2n) is 4.66. The van der Waals surface area contributed by atoms with Gasteiger partial charge in [-0.1, -0.05) is 19.3 Å². The molecule has 5 heteroatoms. The van der Waals surface area contributed by atoms with Crippen LogP contribution in [0.5, 0.6) is 0 Å². The minimum absolute atomic E-state index is 0.142. The molecule has 0 atom stereocenters. The van der Waals surface area contributed by atoms with Crippen molar-refractivity contribution in [3.05, 3.63) is 0 Å². The number of carbonyl (C=O) groups is 2. The van der Waals surface area contributed by atoms with Gasteiger partial charge in [0.05, 0.1) is 0 Å². The van der Waals surface area contributed by atoms with Crippen LogP contribution in [0.1, 0.15) is 32.1 Å². The number of carbonyl (C=O) groups excluding carboxylic acids is 1. The summed E-state index contributed by atoms with van der Waals surface area (Å²) in [5.74, 6) is -0.596. The summed E-state index contributed by atoms with van der Waals surface area (Å²) >= 11 is 0. The Morgan fingerprint density at radius 2 is 1.88 bits per heavy atom. The predicted octanol–water partition coefficient (Wildman–Crippen LogP) is 1.13. The first-order valence-corrected chi connectivity index (χ1v) is 6.13. The number of hydrogen-bond acceptors (Lipinski definition) is 3. The van der Waals surface area contributed by atoms with Crippen molar-refractivity contribution in [2.75, 3.05) is 26.8 Å². The lowest BCUT2D eigenvalue weighted by atomic mass is 9.89. The Labute approximate surface area is 102 Å². The van der Waals surface area contributed by atoms with Crippen LogP contribution in [-0.2, 0) is 14.3 Å². The maximum absolute atomic E-state index is 11.6. The van der Waals surface area contributed by atoms with Gasteiger partial charge in [-0.15, -0.1) is 0 Å². The van der Waals surface area contributed by atoms with Crippen molar-refractivity contribution in [1.82, 2.24) is 4.90 Å². The van der Waals surface area contributed by atoms with E-state index in [0.717, 1.165) is 6.54 Å². The minimum Gasteiger partial charge on any atom is -0.480 e. The van der Waals surface area contributed by atoms with Gasteiger partial charge in [0.15, 0.2) is 0 Å². The number of likely N-dealkylation sites (N-methyl/N-ethyl adjacent to an activating group) is 1. The third kappa shape index (κ3) is 5.68. The van der Waals surface area contributed by atoms with Gasteiger partial charge in [0.1, 0.15) is 13.2 Å². The molecule has 0 aromatic rings. The molecule has 0 aliphatic heterocycles. The number of carboxylic acids is 1. The molecular formula is C12H21NO4. The van der Waals surface area contributed by atoms with E-state index in [9.17, 15) is 9.59 Å². The smallest absolute Gasteiger partial charge is 0.329 e. The van der Waals surface area contributed by atoms with Gasteiger partial charge in [-0.2, -0.15) is 0 Å². The van der Waals surface area contributed by atoms with E-state index in [-0.39, 0.29) is 12.5 Å². The van der Waals surface area contributed by atoms with Crippen LogP contribution in [0.15, 0.2) is 0 Å². The van der Waals surface area contributed by atoms with Crippen LogP contribution >= 0.6 is 0 Å². The fourth-order valence-corrected chi connectivity index (χ4v) is 2.19. The lowest BCUT2D eigenvalue weighted by molar-refractivity contribution is -0.145. The van der Waals surface area contributed by atoms with Crippen LogP contribution in [0.2, 0.25) is 0 Å². The summed E-state index contributed by atoms with van der Waals surface area (Å²) in [5, 5.41) is 8.38. The highest BCUT2D eigenvalue weighted by atomic mass is 16.5. The van der Waals surface area contributed by atoms with Crippen molar-refractivity contribution >= 4 is 11.9 Å². The second kappa shape index (κ2) is 7.27. The normalized spacial score (nSPS) is 16.8. The first kappa shape index (κ1) is 14.0. The first-order valence-electron chi connectivity index (χ1n) is 6.13. The van der Waals surface area contributed by atoms with Crippen LogP contribution in [0.4, 0.5) is 0 Å². The van der Waals surface area contributed by atoms with E-state index in [1.165, 1.54) is 32.1 Å². The second-order valence-corrected chi connectivity index (χ2v) is 4.66. The number of nitrogens with zero attached hydrogens (tertiary/aromatic N) is 1. The van der Waals surface area contributed by atoms with Gasteiger partial charge < -0.3 is 14.7 Å². The Bertz CT molecular complexity index is 261. The molecule has 1 N–H and O–H groups in total. The maximum Gasteiger partial charge on any atom is 0.329 e. The molecule has 1 aliphatic carbocycles. The average Bonchev–Trinajstić information content (AvgIpc) is 2.29. The average molecular weight is 243 g/mol. The molecule has 0 saturated heterocycles. The molecular weight excluding hydrogens is 222 g/mol. The summed E-state index contributed by atoms with van der Waals surface area (Å²) in [6.45, 7) is 0.202. The van der Waals surface area contributed by atoms with Crippen molar-refractivity contribution in [2.45, 2.75) is 32.1 Å². The van der Waals surface area contributed by atoms with E-state index in [1.54, 1.807) is 11.9 Å². The topological polar surface area (TPSA) is 66.8 Å². The molecule has 0 heterocycles. The van der Waals surface area contributed by atoms with Gasteiger partial charge in [-0.3, -0.25) is 4.79 Å². The number of aliphatic carboxylic acids is 1. The summed E-state index contributed by atoms with van der Waals surface area (Å²) in [6, 6.07) is 0. The zero-order chi connectivity index (χ0) is 12.7. The van der Waals surface area contributed by atoms with Crippen molar-refractivity contribution < 1.29 is 19.4 Å². The van der Waals surface area contributed by atoms with Crippen molar-refractivity contribution in [2.24, 2.45) is 5.92 Å². The lowest BCUT2D eigenvalue weighted by Gasteiger charge is -2.26. The van der Waals surface area contributed by atoms with Crippen LogP contribution in [0, 0.1) is 5.92 Å². The van der Waals surface area contributed by atoms with E-state index in [1.807, 2.05) is 0 Å². The van der Waals surface area contributed by atoms with Crippen LogP contribution in [0.25, 0.3) is 0 Å². The molecule has 1 fully saturated rings. The monoisotopic (exact) mass is 243 g/mol. The number of amides is 1. The van der Waals surface area contributed by atoms with E-state index in [4.69, 9.17) is 9.84 Å². The fourth-order valence-electron chi connectivity index (χ4n) is 2.19. The molecule has 1 rings (SSSR count). The Morgan fingerprint density at radius 1 is 1.24 bits per heavy atom. The molecule has 0 radical (unpaired) electrons. The Kier molecular flexibility index (Phi) is 5.97. The molecule has 98 valence electrons. The zero-order valence-electron chi connectivity index (χ0n) is 10.4. The molecule has 1 saturated carbocycles. The third-order valence-corrected chi connectivity index (χ3v) is 3.13. The molecule has 0 aromatic heterocycles. The highest BCUT2D eigenvalue weighted by Gasteiger charge is 2.18. The van der Waals surface area contributed by atoms with Crippen molar-refractivity contribution in [1.29, 1.82) is 0 Å². The lowest BCUT2D eigenvalue weighted by Crippen LogP contribution is -2.35. The van der Waals surface area contributed by atoms with Gasteiger partial charge >= 0.3 is 5.97 Å². The molecule has 1 amide bonds. The van der Waals surface area contributed by atoms with Crippen LogP contribution in [0.3, 0.4) is 0 Å². The summed E-state index contributed by atoms with van der Waals surface area (Å²) < 4.78 is 4.78. The zero-order valence-corrected chi connectivity index (χ0v) is 10.4. The van der Waals surface area contributed by atoms with Crippen molar-refractivity contribution in [3.8, 4) is 0 Å². The number of rotatable bonds is 6. The van der Waals surface area contributed by atoms with E-state index in [0.29, 0.717) is 5.92 Å².